The van der Waals surface area contributed by atoms with Crippen LogP contribution in [0.25, 0.3) is 20.5 Å². The van der Waals surface area contributed by atoms with Crippen LogP contribution in [0.15, 0.2) is 60.7 Å². The van der Waals surface area contributed by atoms with Crippen LogP contribution >= 0.6 is 11.3 Å². The lowest BCUT2D eigenvalue weighted by atomic mass is 9.96. The number of likely N-dealkylation sites (tertiary alicyclic amines) is 1. The van der Waals surface area contributed by atoms with Gasteiger partial charge in [0.1, 0.15) is 17.2 Å². The van der Waals surface area contributed by atoms with Crippen molar-refractivity contribution >= 4 is 27.2 Å². The summed E-state index contributed by atoms with van der Waals surface area (Å²) >= 11 is 1.51. The van der Waals surface area contributed by atoms with Crippen molar-refractivity contribution in [1.29, 1.82) is 0 Å². The molecule has 5 rings (SSSR count). The van der Waals surface area contributed by atoms with Crippen molar-refractivity contribution in [1.82, 2.24) is 4.90 Å². The van der Waals surface area contributed by atoms with Crippen molar-refractivity contribution in [2.75, 3.05) is 26.8 Å². The molecule has 0 saturated carbocycles. The Morgan fingerprint density at radius 1 is 1.03 bits per heavy atom. The van der Waals surface area contributed by atoms with E-state index >= 15 is 0 Å². The van der Waals surface area contributed by atoms with Crippen LogP contribution in [0.5, 0.6) is 17.2 Å². The zero-order valence-electron chi connectivity index (χ0n) is 20.8. The standard InChI is InChI=1S/C30H31NO4S/c1-3-16-35-24-11-8-20(9-12-24)30-28(25-13-10-23(32)18-27(25)36-30)29(33)21-6-7-22(26(17-21)34-2)19-31-14-4-5-15-31/h6-13,17-18,32H,3-5,14-16,19H2,1-2H3. The first-order valence-corrected chi connectivity index (χ1v) is 13.3. The Balaban J connectivity index is 1.54. The molecule has 2 heterocycles. The van der Waals surface area contributed by atoms with Crippen molar-refractivity contribution in [2.24, 2.45) is 0 Å². The molecule has 1 saturated heterocycles. The van der Waals surface area contributed by atoms with Crippen LogP contribution in [0.3, 0.4) is 0 Å². The predicted octanol–water partition coefficient (Wildman–Crippen LogP) is 6.90. The molecule has 4 aromatic rings. The summed E-state index contributed by atoms with van der Waals surface area (Å²) < 4.78 is 12.3. The molecule has 1 fully saturated rings. The number of fused-ring (bicyclic) bond motifs is 1. The average Bonchev–Trinajstić information content (AvgIpc) is 3.55. The van der Waals surface area contributed by atoms with Crippen molar-refractivity contribution in [3.63, 3.8) is 0 Å². The minimum atomic E-state index is -0.0562. The molecule has 1 aliphatic heterocycles. The number of carbonyl (C=O) groups excluding carboxylic acids is 1. The maximum Gasteiger partial charge on any atom is 0.195 e. The maximum absolute atomic E-state index is 14.0. The van der Waals surface area contributed by atoms with Gasteiger partial charge in [0.15, 0.2) is 5.78 Å². The van der Waals surface area contributed by atoms with E-state index in [0.717, 1.165) is 63.6 Å². The van der Waals surface area contributed by atoms with Gasteiger partial charge in [-0.05, 0) is 86.4 Å². The number of rotatable bonds is 9. The molecule has 3 aromatic carbocycles. The van der Waals surface area contributed by atoms with Gasteiger partial charge in [0, 0.05) is 38.2 Å². The number of hydrogen-bond acceptors (Lipinski definition) is 6. The van der Waals surface area contributed by atoms with Crippen LogP contribution in [0, 0.1) is 0 Å². The van der Waals surface area contributed by atoms with E-state index in [2.05, 4.69) is 11.8 Å². The van der Waals surface area contributed by atoms with Crippen LogP contribution in [-0.4, -0.2) is 42.6 Å². The number of phenols is 1. The van der Waals surface area contributed by atoms with Crippen LogP contribution in [0.1, 0.15) is 47.7 Å². The largest absolute Gasteiger partial charge is 0.508 e. The van der Waals surface area contributed by atoms with Gasteiger partial charge >= 0.3 is 0 Å². The van der Waals surface area contributed by atoms with Crippen LogP contribution in [0.4, 0.5) is 0 Å². The molecule has 1 N–H and O–H groups in total. The topological polar surface area (TPSA) is 59.0 Å². The lowest BCUT2D eigenvalue weighted by molar-refractivity contribution is 0.104. The first kappa shape index (κ1) is 24.3. The molecule has 0 bridgehead atoms. The molecule has 5 nitrogen and oxygen atoms in total. The summed E-state index contributed by atoms with van der Waals surface area (Å²) in [6, 6.07) is 18.8. The van der Waals surface area contributed by atoms with Crippen molar-refractivity contribution in [3.05, 3.63) is 77.4 Å². The predicted molar refractivity (Wildman–Crippen MR) is 146 cm³/mol. The number of thiophene rings is 1. The van der Waals surface area contributed by atoms with Gasteiger partial charge in [-0.25, -0.2) is 0 Å². The van der Waals surface area contributed by atoms with Gasteiger partial charge in [0.2, 0.25) is 0 Å². The van der Waals surface area contributed by atoms with Crippen LogP contribution in [0.2, 0.25) is 0 Å². The average molecular weight is 502 g/mol. The summed E-state index contributed by atoms with van der Waals surface area (Å²) in [5.41, 5.74) is 3.28. The fourth-order valence-electron chi connectivity index (χ4n) is 4.78. The fraction of sp³-hybridized carbons (Fsp3) is 0.300. The molecule has 6 heteroatoms. The molecular formula is C30H31NO4S. The summed E-state index contributed by atoms with van der Waals surface area (Å²) in [4.78, 5) is 17.3. The van der Waals surface area contributed by atoms with Crippen molar-refractivity contribution in [2.45, 2.75) is 32.7 Å². The molecule has 0 radical (unpaired) electrons. The molecule has 0 atom stereocenters. The lowest BCUT2D eigenvalue weighted by Gasteiger charge is -2.17. The number of aromatic hydroxyl groups is 1. The van der Waals surface area contributed by atoms with E-state index in [4.69, 9.17) is 9.47 Å². The normalized spacial score (nSPS) is 13.8. The molecule has 186 valence electrons. The smallest absolute Gasteiger partial charge is 0.195 e. The SMILES string of the molecule is CCCOc1ccc(-c2sc3cc(O)ccc3c2C(=O)c2ccc(CN3CCCC3)c(OC)c2)cc1. The molecule has 0 spiro atoms. The Kier molecular flexibility index (Phi) is 7.25. The highest BCUT2D eigenvalue weighted by Gasteiger charge is 2.23. The zero-order chi connectivity index (χ0) is 25.1. The monoisotopic (exact) mass is 501 g/mol. The molecule has 36 heavy (non-hydrogen) atoms. The second-order valence-electron chi connectivity index (χ2n) is 9.20. The maximum atomic E-state index is 14.0. The van der Waals surface area contributed by atoms with Gasteiger partial charge in [-0.1, -0.05) is 19.1 Å². The molecule has 0 aliphatic carbocycles. The summed E-state index contributed by atoms with van der Waals surface area (Å²) in [5.74, 6) is 1.68. The Bertz CT molecular complexity index is 1370. The number of nitrogens with zero attached hydrogens (tertiary/aromatic N) is 1. The minimum Gasteiger partial charge on any atom is -0.508 e. The summed E-state index contributed by atoms with van der Waals surface area (Å²) in [7, 11) is 1.66. The van der Waals surface area contributed by atoms with E-state index in [1.807, 2.05) is 48.5 Å². The minimum absolute atomic E-state index is 0.0562. The Morgan fingerprint density at radius 2 is 1.81 bits per heavy atom. The van der Waals surface area contributed by atoms with E-state index in [1.54, 1.807) is 19.2 Å². The van der Waals surface area contributed by atoms with E-state index in [-0.39, 0.29) is 11.5 Å². The zero-order valence-corrected chi connectivity index (χ0v) is 21.6. The summed E-state index contributed by atoms with van der Waals surface area (Å²) in [6.07, 6.45) is 3.41. The lowest BCUT2D eigenvalue weighted by Crippen LogP contribution is -2.19. The number of hydrogen-bond donors (Lipinski definition) is 1. The number of phenolic OH excluding ortho intramolecular Hbond substituents is 1. The van der Waals surface area contributed by atoms with Gasteiger partial charge in [0.25, 0.3) is 0 Å². The first-order chi connectivity index (χ1) is 17.6. The first-order valence-electron chi connectivity index (χ1n) is 12.5. The third-order valence-electron chi connectivity index (χ3n) is 6.63. The molecule has 1 aliphatic rings. The van der Waals surface area contributed by atoms with Gasteiger partial charge in [-0.15, -0.1) is 11.3 Å². The van der Waals surface area contributed by atoms with E-state index in [0.29, 0.717) is 17.7 Å². The van der Waals surface area contributed by atoms with E-state index in [9.17, 15) is 9.90 Å². The van der Waals surface area contributed by atoms with Gasteiger partial charge < -0.3 is 14.6 Å². The Hall–Kier alpha value is -3.35. The Labute approximate surface area is 215 Å². The number of benzene rings is 3. The van der Waals surface area contributed by atoms with Crippen molar-refractivity contribution in [3.8, 4) is 27.7 Å². The summed E-state index contributed by atoms with van der Waals surface area (Å²) in [6.45, 7) is 5.77. The third kappa shape index (κ3) is 4.97. The highest BCUT2D eigenvalue weighted by Crippen LogP contribution is 2.42. The number of ether oxygens (including phenoxy) is 2. The number of methoxy groups -OCH3 is 1. The number of ketones is 1. The van der Waals surface area contributed by atoms with E-state index in [1.165, 1.54) is 24.2 Å². The second kappa shape index (κ2) is 10.7. The highest BCUT2D eigenvalue weighted by molar-refractivity contribution is 7.22. The Morgan fingerprint density at radius 3 is 2.53 bits per heavy atom. The molecule has 0 amide bonds. The molecular weight excluding hydrogens is 470 g/mol. The highest BCUT2D eigenvalue weighted by atomic mass is 32.1. The third-order valence-corrected chi connectivity index (χ3v) is 7.83. The van der Waals surface area contributed by atoms with Gasteiger partial charge in [-0.2, -0.15) is 0 Å². The van der Waals surface area contributed by atoms with Crippen LogP contribution < -0.4 is 9.47 Å². The van der Waals surface area contributed by atoms with Gasteiger partial charge in [0.05, 0.1) is 13.7 Å². The molecule has 1 aromatic heterocycles. The van der Waals surface area contributed by atoms with Crippen LogP contribution in [-0.2, 0) is 6.54 Å². The van der Waals surface area contributed by atoms with E-state index < -0.39 is 0 Å². The quantitative estimate of drug-likeness (QED) is 0.253. The number of carbonyl (C=O) groups is 1. The second-order valence-corrected chi connectivity index (χ2v) is 10.3. The fourth-order valence-corrected chi connectivity index (χ4v) is 6.02. The van der Waals surface area contributed by atoms with Crippen molar-refractivity contribution < 1.29 is 19.4 Å². The summed E-state index contributed by atoms with van der Waals surface area (Å²) in [5, 5.41) is 10.9. The molecule has 0 unspecified atom stereocenters. The van der Waals surface area contributed by atoms with Gasteiger partial charge in [-0.3, -0.25) is 9.69 Å².